The fraction of sp³-hybridized carbons (Fsp3) is 0.938. The van der Waals surface area contributed by atoms with E-state index >= 15 is 0 Å². The SMILES string of the molecule is CCC(C)(C)C(=O)OC(C(C)C)C1CC2CCC1O2. The van der Waals surface area contributed by atoms with Crippen LogP contribution in [0.3, 0.4) is 0 Å². The van der Waals surface area contributed by atoms with Crippen molar-refractivity contribution in [2.75, 3.05) is 0 Å². The first-order chi connectivity index (χ1) is 8.85. The lowest BCUT2D eigenvalue weighted by atomic mass is 9.81. The fourth-order valence-electron chi connectivity index (χ4n) is 3.17. The lowest BCUT2D eigenvalue weighted by Gasteiger charge is -2.33. The van der Waals surface area contributed by atoms with Crippen molar-refractivity contribution >= 4 is 5.97 Å². The van der Waals surface area contributed by atoms with Gasteiger partial charge in [0.1, 0.15) is 6.10 Å². The van der Waals surface area contributed by atoms with Gasteiger partial charge >= 0.3 is 5.97 Å². The molecule has 2 fully saturated rings. The maximum atomic E-state index is 12.3. The van der Waals surface area contributed by atoms with E-state index in [0.717, 1.165) is 19.3 Å². The lowest BCUT2D eigenvalue weighted by Crippen LogP contribution is -2.40. The van der Waals surface area contributed by atoms with Crippen LogP contribution in [0.1, 0.15) is 60.3 Å². The predicted molar refractivity (Wildman–Crippen MR) is 74.8 cm³/mol. The van der Waals surface area contributed by atoms with E-state index in [1.165, 1.54) is 6.42 Å². The summed E-state index contributed by atoms with van der Waals surface area (Å²) in [5.41, 5.74) is -0.383. The quantitative estimate of drug-likeness (QED) is 0.715. The van der Waals surface area contributed by atoms with Gasteiger partial charge in [-0.2, -0.15) is 0 Å². The van der Waals surface area contributed by atoms with Crippen molar-refractivity contribution in [3.63, 3.8) is 0 Å². The van der Waals surface area contributed by atoms with Gasteiger partial charge in [-0.1, -0.05) is 20.8 Å². The van der Waals surface area contributed by atoms with E-state index in [4.69, 9.17) is 9.47 Å². The second-order valence-corrected chi connectivity index (χ2v) is 7.12. The first-order valence-electron chi connectivity index (χ1n) is 7.71. The number of rotatable bonds is 5. The molecule has 2 bridgehead atoms. The Bertz CT molecular complexity index is 335. The zero-order valence-corrected chi connectivity index (χ0v) is 12.9. The van der Waals surface area contributed by atoms with Crippen LogP contribution in [-0.4, -0.2) is 24.3 Å². The van der Waals surface area contributed by atoms with Crippen molar-refractivity contribution in [2.24, 2.45) is 17.3 Å². The van der Waals surface area contributed by atoms with Gasteiger partial charge in [-0.25, -0.2) is 0 Å². The van der Waals surface area contributed by atoms with Gasteiger partial charge in [0, 0.05) is 5.92 Å². The number of hydrogen-bond donors (Lipinski definition) is 0. The number of hydrogen-bond acceptors (Lipinski definition) is 3. The fourth-order valence-corrected chi connectivity index (χ4v) is 3.17. The van der Waals surface area contributed by atoms with E-state index in [1.807, 2.05) is 20.8 Å². The van der Waals surface area contributed by atoms with Gasteiger partial charge in [0.25, 0.3) is 0 Å². The minimum Gasteiger partial charge on any atom is -0.461 e. The van der Waals surface area contributed by atoms with Crippen LogP contribution in [0.2, 0.25) is 0 Å². The van der Waals surface area contributed by atoms with E-state index < -0.39 is 0 Å². The summed E-state index contributed by atoms with van der Waals surface area (Å²) in [6.45, 7) is 10.2. The van der Waals surface area contributed by atoms with Crippen LogP contribution < -0.4 is 0 Å². The Morgan fingerprint density at radius 3 is 2.47 bits per heavy atom. The third-order valence-electron chi connectivity index (χ3n) is 4.91. The Morgan fingerprint density at radius 2 is 2.05 bits per heavy atom. The highest BCUT2D eigenvalue weighted by molar-refractivity contribution is 5.76. The largest absolute Gasteiger partial charge is 0.461 e. The summed E-state index contributed by atoms with van der Waals surface area (Å²) in [5.74, 6) is 0.691. The second kappa shape index (κ2) is 5.43. The van der Waals surface area contributed by atoms with E-state index in [9.17, 15) is 4.79 Å². The average Bonchev–Trinajstić information content (AvgIpc) is 2.97. The Kier molecular flexibility index (Phi) is 4.24. The highest BCUT2D eigenvalue weighted by Gasteiger charge is 2.47. The summed E-state index contributed by atoms with van der Waals surface area (Å²) in [7, 11) is 0. The summed E-state index contributed by atoms with van der Waals surface area (Å²) >= 11 is 0. The maximum Gasteiger partial charge on any atom is 0.311 e. The molecule has 0 aromatic rings. The van der Waals surface area contributed by atoms with Crippen molar-refractivity contribution in [3.8, 4) is 0 Å². The number of esters is 1. The van der Waals surface area contributed by atoms with Gasteiger partial charge in [0.05, 0.1) is 17.6 Å². The molecule has 2 saturated heterocycles. The normalized spacial score (nSPS) is 31.8. The molecule has 0 N–H and O–H groups in total. The zero-order chi connectivity index (χ0) is 14.2. The molecule has 2 heterocycles. The molecule has 2 aliphatic rings. The number of ether oxygens (including phenoxy) is 2. The Balaban J connectivity index is 2.03. The van der Waals surface area contributed by atoms with E-state index in [0.29, 0.717) is 24.0 Å². The third kappa shape index (κ3) is 2.96. The topological polar surface area (TPSA) is 35.5 Å². The van der Waals surface area contributed by atoms with Gasteiger partial charge in [0.15, 0.2) is 0 Å². The second-order valence-electron chi connectivity index (χ2n) is 7.12. The van der Waals surface area contributed by atoms with Crippen molar-refractivity contribution < 1.29 is 14.3 Å². The third-order valence-corrected chi connectivity index (χ3v) is 4.91. The summed E-state index contributed by atoms with van der Waals surface area (Å²) in [6, 6.07) is 0. The van der Waals surface area contributed by atoms with Gasteiger partial charge in [0.2, 0.25) is 0 Å². The average molecular weight is 268 g/mol. The molecule has 110 valence electrons. The minimum absolute atomic E-state index is 0.00799. The first kappa shape index (κ1) is 14.8. The smallest absolute Gasteiger partial charge is 0.311 e. The molecule has 0 saturated carbocycles. The van der Waals surface area contributed by atoms with Crippen LogP contribution in [-0.2, 0) is 14.3 Å². The molecule has 0 radical (unpaired) electrons. The lowest BCUT2D eigenvalue weighted by molar-refractivity contribution is -0.166. The summed E-state index contributed by atoms with van der Waals surface area (Å²) in [5, 5.41) is 0. The molecule has 3 heteroatoms. The summed E-state index contributed by atoms with van der Waals surface area (Å²) in [6.07, 6.45) is 4.92. The molecule has 0 amide bonds. The number of fused-ring (bicyclic) bond motifs is 2. The predicted octanol–water partition coefficient (Wildman–Crippen LogP) is 3.56. The van der Waals surface area contributed by atoms with Crippen LogP contribution in [0.15, 0.2) is 0 Å². The Labute approximate surface area is 117 Å². The molecule has 0 spiro atoms. The molecule has 0 aromatic carbocycles. The molecule has 4 atom stereocenters. The standard InChI is InChI=1S/C16H28O3/c1-6-16(4,5)15(17)19-14(10(2)3)12-9-11-7-8-13(12)18-11/h10-14H,6-9H2,1-5H3. The van der Waals surface area contributed by atoms with Crippen molar-refractivity contribution in [2.45, 2.75) is 78.6 Å². The van der Waals surface area contributed by atoms with Crippen LogP contribution in [0.4, 0.5) is 0 Å². The highest BCUT2D eigenvalue weighted by Crippen LogP contribution is 2.43. The molecule has 0 aliphatic carbocycles. The molecular formula is C16H28O3. The van der Waals surface area contributed by atoms with Crippen LogP contribution >= 0.6 is 0 Å². The zero-order valence-electron chi connectivity index (χ0n) is 12.9. The van der Waals surface area contributed by atoms with Gasteiger partial charge < -0.3 is 9.47 Å². The number of carbonyl (C=O) groups is 1. The minimum atomic E-state index is -0.383. The van der Waals surface area contributed by atoms with Gasteiger partial charge in [-0.05, 0) is 45.4 Å². The molecule has 4 unspecified atom stereocenters. The molecule has 0 aromatic heterocycles. The first-order valence-corrected chi connectivity index (χ1v) is 7.71. The number of carbonyl (C=O) groups excluding carboxylic acids is 1. The van der Waals surface area contributed by atoms with E-state index in [-0.39, 0.29) is 17.5 Å². The molecule has 2 aliphatic heterocycles. The molecular weight excluding hydrogens is 240 g/mol. The molecule has 3 nitrogen and oxygen atoms in total. The van der Waals surface area contributed by atoms with E-state index in [2.05, 4.69) is 13.8 Å². The summed E-state index contributed by atoms with van der Waals surface area (Å²) < 4.78 is 11.8. The van der Waals surface area contributed by atoms with Crippen LogP contribution in [0.25, 0.3) is 0 Å². The van der Waals surface area contributed by atoms with Gasteiger partial charge in [-0.3, -0.25) is 4.79 Å². The van der Waals surface area contributed by atoms with Gasteiger partial charge in [-0.15, -0.1) is 0 Å². The molecule has 19 heavy (non-hydrogen) atoms. The highest BCUT2D eigenvalue weighted by atomic mass is 16.6. The van der Waals surface area contributed by atoms with Crippen molar-refractivity contribution in [1.29, 1.82) is 0 Å². The van der Waals surface area contributed by atoms with Crippen molar-refractivity contribution in [1.82, 2.24) is 0 Å². The molecule has 2 rings (SSSR count). The van der Waals surface area contributed by atoms with E-state index in [1.54, 1.807) is 0 Å². The van der Waals surface area contributed by atoms with Crippen molar-refractivity contribution in [3.05, 3.63) is 0 Å². The maximum absolute atomic E-state index is 12.3. The summed E-state index contributed by atoms with van der Waals surface area (Å²) in [4.78, 5) is 12.3. The monoisotopic (exact) mass is 268 g/mol. The van der Waals surface area contributed by atoms with Crippen LogP contribution in [0, 0.1) is 17.3 Å². The van der Waals surface area contributed by atoms with Crippen LogP contribution in [0.5, 0.6) is 0 Å². The Hall–Kier alpha value is -0.570. The Morgan fingerprint density at radius 1 is 1.37 bits per heavy atom.